The summed E-state index contributed by atoms with van der Waals surface area (Å²) in [7, 11) is 0. The van der Waals surface area contributed by atoms with Crippen LogP contribution in [-0.4, -0.2) is 9.78 Å². The van der Waals surface area contributed by atoms with Gasteiger partial charge in [-0.2, -0.15) is 5.10 Å². The summed E-state index contributed by atoms with van der Waals surface area (Å²) in [6.07, 6.45) is -0.377. The van der Waals surface area contributed by atoms with Gasteiger partial charge < -0.3 is 0 Å². The Kier molecular flexibility index (Phi) is 2.24. The lowest BCUT2D eigenvalue weighted by Crippen LogP contribution is -2.00. The van der Waals surface area contributed by atoms with Crippen LogP contribution in [0.3, 0.4) is 0 Å². The highest BCUT2D eigenvalue weighted by Crippen LogP contribution is 2.41. The van der Waals surface area contributed by atoms with Gasteiger partial charge in [0, 0.05) is 11.6 Å². The Morgan fingerprint density at radius 1 is 1.62 bits per heavy atom. The maximum absolute atomic E-state index is 12.3. The molecular weight excluding hydrogens is 198 g/mol. The van der Waals surface area contributed by atoms with E-state index in [-0.39, 0.29) is 11.7 Å². The number of hydrogen-bond donors (Lipinski definition) is 0. The van der Waals surface area contributed by atoms with Crippen molar-refractivity contribution in [1.29, 1.82) is 0 Å². The number of nitrogens with zero attached hydrogens (tertiary/aromatic N) is 2. The summed E-state index contributed by atoms with van der Waals surface area (Å²) < 4.78 is 26.0. The van der Waals surface area contributed by atoms with Crippen LogP contribution in [0.4, 0.5) is 8.78 Å². The lowest BCUT2D eigenvalue weighted by Gasteiger charge is -1.99. The second-order valence-corrected chi connectivity index (χ2v) is 3.43. The van der Waals surface area contributed by atoms with E-state index in [2.05, 4.69) is 5.10 Å². The minimum atomic E-state index is -2.50. The van der Waals surface area contributed by atoms with Crippen molar-refractivity contribution >= 4 is 11.6 Å². The molecule has 72 valence electrons. The van der Waals surface area contributed by atoms with E-state index >= 15 is 0 Å². The fourth-order valence-corrected chi connectivity index (χ4v) is 1.55. The molecule has 1 aromatic rings. The van der Waals surface area contributed by atoms with Gasteiger partial charge in [-0.3, -0.25) is 4.68 Å². The van der Waals surface area contributed by atoms with Crippen molar-refractivity contribution in [2.45, 2.75) is 31.2 Å². The molecule has 0 saturated heterocycles. The standard InChI is InChI=1S/C8H9ClF2N2/c9-4-13-7(5-1-2-5)3-6(12-13)8(10)11/h3,5,8H,1-2,4H2. The van der Waals surface area contributed by atoms with Crippen LogP contribution in [0.15, 0.2) is 6.07 Å². The van der Waals surface area contributed by atoms with Crippen LogP contribution < -0.4 is 0 Å². The van der Waals surface area contributed by atoms with Gasteiger partial charge in [-0.1, -0.05) is 0 Å². The molecule has 13 heavy (non-hydrogen) atoms. The molecule has 2 rings (SSSR count). The molecule has 5 heteroatoms. The molecule has 2 nitrogen and oxygen atoms in total. The topological polar surface area (TPSA) is 17.8 Å². The molecule has 1 heterocycles. The number of alkyl halides is 3. The van der Waals surface area contributed by atoms with Crippen molar-refractivity contribution in [1.82, 2.24) is 9.78 Å². The number of hydrogen-bond acceptors (Lipinski definition) is 1. The number of halogens is 3. The van der Waals surface area contributed by atoms with E-state index in [1.165, 1.54) is 10.7 Å². The van der Waals surface area contributed by atoms with Crippen molar-refractivity contribution in [3.05, 3.63) is 17.5 Å². The zero-order valence-electron chi connectivity index (χ0n) is 6.88. The van der Waals surface area contributed by atoms with Crippen molar-refractivity contribution in [2.24, 2.45) is 0 Å². The molecule has 1 fully saturated rings. The van der Waals surface area contributed by atoms with Gasteiger partial charge in [0.25, 0.3) is 6.43 Å². The molecule has 1 aromatic heterocycles. The summed E-state index contributed by atoms with van der Waals surface area (Å²) in [5.74, 6) is 0.402. The van der Waals surface area contributed by atoms with E-state index in [4.69, 9.17) is 11.6 Å². The summed E-state index contributed by atoms with van der Waals surface area (Å²) in [5, 5.41) is 3.72. The summed E-state index contributed by atoms with van der Waals surface area (Å²) in [6.45, 7) is 0. The van der Waals surface area contributed by atoms with Crippen molar-refractivity contribution in [2.75, 3.05) is 0 Å². The molecular formula is C8H9ClF2N2. The SMILES string of the molecule is FC(F)c1cc(C2CC2)n(CCl)n1. The monoisotopic (exact) mass is 206 g/mol. The summed E-state index contributed by atoms with van der Waals surface area (Å²) >= 11 is 5.58. The van der Waals surface area contributed by atoms with Gasteiger partial charge in [0.15, 0.2) is 0 Å². The van der Waals surface area contributed by atoms with Crippen LogP contribution in [0.5, 0.6) is 0 Å². The molecule has 0 amide bonds. The molecule has 0 spiro atoms. The quantitative estimate of drug-likeness (QED) is 0.696. The smallest absolute Gasteiger partial charge is 0.254 e. The normalized spacial score (nSPS) is 16.9. The fourth-order valence-electron chi connectivity index (χ4n) is 1.36. The predicted molar refractivity (Wildman–Crippen MR) is 45.0 cm³/mol. The molecule has 0 aromatic carbocycles. The minimum absolute atomic E-state index is 0.151. The van der Waals surface area contributed by atoms with E-state index in [9.17, 15) is 8.78 Å². The summed E-state index contributed by atoms with van der Waals surface area (Å²) in [5.41, 5.74) is 0.688. The molecule has 0 aliphatic heterocycles. The van der Waals surface area contributed by atoms with Gasteiger partial charge in [-0.25, -0.2) is 8.78 Å². The Balaban J connectivity index is 2.31. The Labute approximate surface area is 79.5 Å². The van der Waals surface area contributed by atoms with Crippen LogP contribution in [0, 0.1) is 0 Å². The third-order valence-electron chi connectivity index (χ3n) is 2.16. The molecule has 1 aliphatic carbocycles. The molecule has 0 N–H and O–H groups in total. The lowest BCUT2D eigenvalue weighted by molar-refractivity contribution is 0.145. The fraction of sp³-hybridized carbons (Fsp3) is 0.625. The first kappa shape index (κ1) is 8.94. The maximum Gasteiger partial charge on any atom is 0.282 e. The lowest BCUT2D eigenvalue weighted by atomic mass is 10.2. The molecule has 0 unspecified atom stereocenters. The van der Waals surface area contributed by atoms with E-state index in [1.807, 2.05) is 0 Å². The van der Waals surface area contributed by atoms with Gasteiger partial charge >= 0.3 is 0 Å². The van der Waals surface area contributed by atoms with Gasteiger partial charge in [0.05, 0.1) is 0 Å². The van der Waals surface area contributed by atoms with Crippen molar-refractivity contribution in [3.63, 3.8) is 0 Å². The largest absolute Gasteiger partial charge is 0.282 e. The Morgan fingerprint density at radius 3 is 2.77 bits per heavy atom. The van der Waals surface area contributed by atoms with Gasteiger partial charge in [-0.05, 0) is 18.9 Å². The highest BCUT2D eigenvalue weighted by molar-refractivity contribution is 6.15. The van der Waals surface area contributed by atoms with Crippen molar-refractivity contribution in [3.8, 4) is 0 Å². The Hall–Kier alpha value is -0.640. The van der Waals surface area contributed by atoms with E-state index in [0.29, 0.717) is 5.92 Å². The van der Waals surface area contributed by atoms with E-state index < -0.39 is 6.43 Å². The van der Waals surface area contributed by atoms with Gasteiger partial charge in [0.1, 0.15) is 11.7 Å². The molecule has 1 saturated carbocycles. The van der Waals surface area contributed by atoms with Gasteiger partial charge in [-0.15, -0.1) is 11.6 Å². The van der Waals surface area contributed by atoms with Crippen LogP contribution in [-0.2, 0) is 6.00 Å². The van der Waals surface area contributed by atoms with Crippen LogP contribution in [0.1, 0.15) is 36.6 Å². The zero-order chi connectivity index (χ0) is 9.42. The number of rotatable bonds is 3. The first-order valence-electron chi connectivity index (χ1n) is 4.14. The molecule has 0 atom stereocenters. The first-order valence-corrected chi connectivity index (χ1v) is 4.67. The second-order valence-electron chi connectivity index (χ2n) is 3.19. The Morgan fingerprint density at radius 2 is 2.31 bits per heavy atom. The third-order valence-corrected chi connectivity index (χ3v) is 2.39. The van der Waals surface area contributed by atoms with Crippen molar-refractivity contribution < 1.29 is 8.78 Å². The van der Waals surface area contributed by atoms with Gasteiger partial charge in [0.2, 0.25) is 0 Å². The average Bonchev–Trinajstić information content (AvgIpc) is 2.84. The average molecular weight is 207 g/mol. The number of aromatic nitrogens is 2. The van der Waals surface area contributed by atoms with Crippen LogP contribution in [0.2, 0.25) is 0 Å². The molecule has 1 aliphatic rings. The summed E-state index contributed by atoms with van der Waals surface area (Å²) in [4.78, 5) is 0. The third kappa shape index (κ3) is 1.68. The van der Waals surface area contributed by atoms with E-state index in [1.54, 1.807) is 0 Å². The Bertz CT molecular complexity index is 307. The molecule has 0 bridgehead atoms. The van der Waals surface area contributed by atoms with Crippen LogP contribution in [0.25, 0.3) is 0 Å². The zero-order valence-corrected chi connectivity index (χ0v) is 7.64. The second kappa shape index (κ2) is 3.25. The predicted octanol–water partition coefficient (Wildman–Crippen LogP) is 2.89. The van der Waals surface area contributed by atoms with E-state index in [0.717, 1.165) is 18.5 Å². The minimum Gasteiger partial charge on any atom is -0.254 e. The highest BCUT2D eigenvalue weighted by Gasteiger charge is 2.29. The first-order chi connectivity index (χ1) is 6.22. The molecule has 0 radical (unpaired) electrons. The summed E-state index contributed by atoms with van der Waals surface area (Å²) in [6, 6.07) is 1.61. The van der Waals surface area contributed by atoms with Crippen LogP contribution >= 0.6 is 11.6 Å². The maximum atomic E-state index is 12.3. The highest BCUT2D eigenvalue weighted by atomic mass is 35.5.